The number of fused-ring (bicyclic) bond motifs is 1. The normalized spacial score (nSPS) is 10.5. The molecule has 4 heteroatoms. The first-order valence-electron chi connectivity index (χ1n) is 6.50. The summed E-state index contributed by atoms with van der Waals surface area (Å²) in [6.45, 7) is 0.229. The second-order valence-corrected chi connectivity index (χ2v) is 5.51. The van der Waals surface area contributed by atoms with Crippen LogP contribution in [0.25, 0.3) is 10.9 Å². The molecule has 3 rings (SSSR count). The van der Waals surface area contributed by atoms with E-state index in [-0.39, 0.29) is 6.61 Å². The number of hydrogen-bond donors (Lipinski definition) is 0. The molecule has 0 saturated carbocycles. The van der Waals surface area contributed by atoms with Crippen LogP contribution in [0.1, 0.15) is 16.1 Å². The molecule has 0 spiro atoms. The van der Waals surface area contributed by atoms with E-state index in [4.69, 9.17) is 4.74 Å². The third-order valence-corrected chi connectivity index (χ3v) is 3.56. The number of carbonyl (C=O) groups is 1. The van der Waals surface area contributed by atoms with E-state index in [0.717, 1.165) is 20.9 Å². The summed E-state index contributed by atoms with van der Waals surface area (Å²) in [5.41, 5.74) is 2.04. The fourth-order valence-corrected chi connectivity index (χ4v) is 2.48. The molecule has 104 valence electrons. The van der Waals surface area contributed by atoms with Gasteiger partial charge >= 0.3 is 5.97 Å². The van der Waals surface area contributed by atoms with Crippen LogP contribution < -0.4 is 0 Å². The lowest BCUT2D eigenvalue weighted by Gasteiger charge is -2.05. The number of para-hydroxylation sites is 1. The Morgan fingerprint density at radius 1 is 1.05 bits per heavy atom. The number of aromatic nitrogens is 1. The zero-order chi connectivity index (χ0) is 14.7. The van der Waals surface area contributed by atoms with Gasteiger partial charge in [0.15, 0.2) is 0 Å². The van der Waals surface area contributed by atoms with Gasteiger partial charge in [-0.2, -0.15) is 0 Å². The molecule has 1 heterocycles. The van der Waals surface area contributed by atoms with Gasteiger partial charge in [-0.05, 0) is 29.8 Å². The molecule has 0 unspecified atom stereocenters. The molecule has 0 radical (unpaired) electrons. The Morgan fingerprint density at radius 2 is 1.90 bits per heavy atom. The molecule has 3 aromatic rings. The number of halogens is 1. The van der Waals surface area contributed by atoms with Crippen LogP contribution in [0.3, 0.4) is 0 Å². The zero-order valence-corrected chi connectivity index (χ0v) is 12.7. The Balaban J connectivity index is 1.74. The molecule has 0 bridgehead atoms. The summed E-state index contributed by atoms with van der Waals surface area (Å²) in [5.74, 6) is -0.416. The van der Waals surface area contributed by atoms with Gasteiger partial charge in [0, 0.05) is 9.86 Å². The van der Waals surface area contributed by atoms with E-state index in [1.54, 1.807) is 6.07 Å². The minimum absolute atomic E-state index is 0.229. The monoisotopic (exact) mass is 341 g/mol. The van der Waals surface area contributed by atoms with Gasteiger partial charge in [-0.15, -0.1) is 0 Å². The molecular weight excluding hydrogens is 330 g/mol. The maximum atomic E-state index is 12.1. The highest BCUT2D eigenvalue weighted by Gasteiger charge is 2.10. The van der Waals surface area contributed by atoms with Crippen LogP contribution in [0.15, 0.2) is 65.1 Å². The topological polar surface area (TPSA) is 39.2 Å². The average Bonchev–Trinajstić information content (AvgIpc) is 2.52. The second-order valence-electron chi connectivity index (χ2n) is 4.60. The van der Waals surface area contributed by atoms with Crippen molar-refractivity contribution in [2.24, 2.45) is 0 Å². The van der Waals surface area contributed by atoms with E-state index >= 15 is 0 Å². The summed E-state index contributed by atoms with van der Waals surface area (Å²) < 4.78 is 6.25. The first-order chi connectivity index (χ1) is 10.2. The lowest BCUT2D eigenvalue weighted by molar-refractivity contribution is 0.0466. The second kappa shape index (κ2) is 6.06. The molecule has 0 amide bonds. The third-order valence-electron chi connectivity index (χ3n) is 3.07. The molecule has 0 aliphatic rings. The SMILES string of the molecule is O=C(OCc1cccc(Br)c1)c1ccc2ccccc2n1. The van der Waals surface area contributed by atoms with Gasteiger partial charge in [0.05, 0.1) is 5.52 Å². The van der Waals surface area contributed by atoms with Crippen molar-refractivity contribution in [1.82, 2.24) is 4.98 Å². The minimum Gasteiger partial charge on any atom is -0.456 e. The maximum absolute atomic E-state index is 12.1. The van der Waals surface area contributed by atoms with Gasteiger partial charge < -0.3 is 4.74 Å². The van der Waals surface area contributed by atoms with E-state index in [9.17, 15) is 4.79 Å². The number of carbonyl (C=O) groups excluding carboxylic acids is 1. The van der Waals surface area contributed by atoms with E-state index in [2.05, 4.69) is 20.9 Å². The predicted octanol–water partition coefficient (Wildman–Crippen LogP) is 4.35. The molecule has 21 heavy (non-hydrogen) atoms. The Labute approximate surface area is 130 Å². The Hall–Kier alpha value is -2.20. The number of esters is 1. The highest BCUT2D eigenvalue weighted by molar-refractivity contribution is 9.10. The van der Waals surface area contributed by atoms with Crippen LogP contribution in [0, 0.1) is 0 Å². The standard InChI is InChI=1S/C17H12BrNO2/c18-14-6-3-4-12(10-14)11-21-17(20)16-9-8-13-5-1-2-7-15(13)19-16/h1-10H,11H2. The van der Waals surface area contributed by atoms with Gasteiger partial charge in [0.1, 0.15) is 12.3 Å². The van der Waals surface area contributed by atoms with Crippen molar-refractivity contribution in [3.63, 3.8) is 0 Å². The van der Waals surface area contributed by atoms with Gasteiger partial charge in [-0.1, -0.05) is 52.3 Å². The highest BCUT2D eigenvalue weighted by atomic mass is 79.9. The number of rotatable bonds is 3. The van der Waals surface area contributed by atoms with E-state index in [1.165, 1.54) is 0 Å². The Bertz CT molecular complexity index is 801. The number of benzene rings is 2. The number of pyridine rings is 1. The molecule has 0 saturated heterocycles. The van der Waals surface area contributed by atoms with Crippen LogP contribution in [0.4, 0.5) is 0 Å². The Morgan fingerprint density at radius 3 is 2.76 bits per heavy atom. The largest absolute Gasteiger partial charge is 0.456 e. The average molecular weight is 342 g/mol. The molecule has 0 aliphatic heterocycles. The van der Waals surface area contributed by atoms with Gasteiger partial charge in [-0.3, -0.25) is 0 Å². The van der Waals surface area contributed by atoms with Crippen LogP contribution >= 0.6 is 15.9 Å². The van der Waals surface area contributed by atoms with Gasteiger partial charge in [0.2, 0.25) is 0 Å². The fraction of sp³-hybridized carbons (Fsp3) is 0.0588. The molecular formula is C17H12BrNO2. The number of nitrogens with zero attached hydrogens (tertiary/aromatic N) is 1. The summed E-state index contributed by atoms with van der Waals surface area (Å²) in [5, 5.41) is 1.00. The molecule has 0 N–H and O–H groups in total. The van der Waals surface area contributed by atoms with Crippen LogP contribution in [-0.2, 0) is 11.3 Å². The molecule has 0 aliphatic carbocycles. The number of ether oxygens (including phenoxy) is 1. The van der Waals surface area contributed by atoms with Crippen molar-refractivity contribution in [2.45, 2.75) is 6.61 Å². The van der Waals surface area contributed by atoms with E-state index < -0.39 is 5.97 Å². The maximum Gasteiger partial charge on any atom is 0.357 e. The lowest BCUT2D eigenvalue weighted by atomic mass is 10.2. The van der Waals surface area contributed by atoms with Crippen molar-refractivity contribution in [3.8, 4) is 0 Å². The number of hydrogen-bond acceptors (Lipinski definition) is 3. The van der Waals surface area contributed by atoms with E-state index in [0.29, 0.717) is 5.69 Å². The van der Waals surface area contributed by atoms with Crippen LogP contribution in [0.2, 0.25) is 0 Å². The van der Waals surface area contributed by atoms with Gasteiger partial charge in [-0.25, -0.2) is 9.78 Å². The first kappa shape index (κ1) is 13.8. The molecule has 0 fully saturated rings. The van der Waals surface area contributed by atoms with Crippen LogP contribution in [-0.4, -0.2) is 11.0 Å². The third kappa shape index (κ3) is 3.28. The van der Waals surface area contributed by atoms with Crippen molar-refractivity contribution in [2.75, 3.05) is 0 Å². The highest BCUT2D eigenvalue weighted by Crippen LogP contribution is 2.15. The van der Waals surface area contributed by atoms with Crippen molar-refractivity contribution in [1.29, 1.82) is 0 Å². The quantitative estimate of drug-likeness (QED) is 0.664. The molecule has 2 aromatic carbocycles. The summed E-state index contributed by atoms with van der Waals surface area (Å²) in [7, 11) is 0. The Kier molecular flexibility index (Phi) is 3.97. The van der Waals surface area contributed by atoms with Crippen molar-refractivity contribution < 1.29 is 9.53 Å². The zero-order valence-electron chi connectivity index (χ0n) is 11.1. The van der Waals surface area contributed by atoms with Crippen LogP contribution in [0.5, 0.6) is 0 Å². The van der Waals surface area contributed by atoms with Crippen molar-refractivity contribution >= 4 is 32.8 Å². The van der Waals surface area contributed by atoms with Crippen molar-refractivity contribution in [3.05, 3.63) is 76.4 Å². The fourth-order valence-electron chi connectivity index (χ4n) is 2.03. The lowest BCUT2D eigenvalue weighted by Crippen LogP contribution is -2.07. The summed E-state index contributed by atoms with van der Waals surface area (Å²) in [6.07, 6.45) is 0. The molecule has 1 aromatic heterocycles. The smallest absolute Gasteiger partial charge is 0.357 e. The first-order valence-corrected chi connectivity index (χ1v) is 7.29. The van der Waals surface area contributed by atoms with E-state index in [1.807, 2.05) is 54.6 Å². The molecule has 3 nitrogen and oxygen atoms in total. The molecule has 0 atom stereocenters. The minimum atomic E-state index is -0.416. The summed E-state index contributed by atoms with van der Waals surface area (Å²) in [4.78, 5) is 16.4. The summed E-state index contributed by atoms with van der Waals surface area (Å²) in [6, 6.07) is 18.9. The predicted molar refractivity (Wildman–Crippen MR) is 85.0 cm³/mol. The summed E-state index contributed by atoms with van der Waals surface area (Å²) >= 11 is 3.39. The van der Waals surface area contributed by atoms with Gasteiger partial charge in [0.25, 0.3) is 0 Å².